The average Bonchev–Trinajstić information content (AvgIpc) is 2.60. The van der Waals surface area contributed by atoms with Crippen LogP contribution in [0.25, 0.3) is 0 Å². The van der Waals surface area contributed by atoms with Gasteiger partial charge in [0.1, 0.15) is 0 Å². The summed E-state index contributed by atoms with van der Waals surface area (Å²) < 4.78 is 4.93. The number of rotatable bonds is 8. The van der Waals surface area contributed by atoms with Crippen molar-refractivity contribution in [1.29, 1.82) is 0 Å². The second kappa shape index (κ2) is 8.72. The third-order valence-corrected chi connectivity index (χ3v) is 3.66. The van der Waals surface area contributed by atoms with E-state index in [1.54, 1.807) is 31.2 Å². The van der Waals surface area contributed by atoms with Crippen molar-refractivity contribution >= 4 is 17.6 Å². The number of carbonyl (C=O) groups is 2. The normalized spacial score (nSPS) is 11.5. The van der Waals surface area contributed by atoms with Crippen molar-refractivity contribution in [3.63, 3.8) is 0 Å². The van der Waals surface area contributed by atoms with Crippen LogP contribution >= 0.6 is 0 Å². The minimum atomic E-state index is -0.833. The summed E-state index contributed by atoms with van der Waals surface area (Å²) in [6.07, 6.45) is 0.471. The van der Waals surface area contributed by atoms with E-state index in [-0.39, 0.29) is 5.97 Å². The lowest BCUT2D eigenvalue weighted by Crippen LogP contribution is -2.16. The van der Waals surface area contributed by atoms with E-state index in [0.717, 1.165) is 11.3 Å². The van der Waals surface area contributed by atoms with Gasteiger partial charge in [-0.15, -0.1) is 0 Å². The van der Waals surface area contributed by atoms with E-state index in [0.29, 0.717) is 25.1 Å². The average molecular weight is 327 g/mol. The van der Waals surface area contributed by atoms with Crippen LogP contribution in [0.2, 0.25) is 0 Å². The predicted molar refractivity (Wildman–Crippen MR) is 92.3 cm³/mol. The summed E-state index contributed by atoms with van der Waals surface area (Å²) in [5.41, 5.74) is 2.12. The van der Waals surface area contributed by atoms with Crippen molar-refractivity contribution in [2.75, 3.05) is 18.5 Å². The number of aliphatic carboxylic acids is 1. The molecule has 0 aliphatic heterocycles. The first-order valence-corrected chi connectivity index (χ1v) is 7.90. The summed E-state index contributed by atoms with van der Waals surface area (Å²) in [4.78, 5) is 23.0. The van der Waals surface area contributed by atoms with E-state index in [4.69, 9.17) is 4.74 Å². The van der Waals surface area contributed by atoms with Crippen LogP contribution in [-0.2, 0) is 9.53 Å². The third kappa shape index (κ3) is 4.84. The van der Waals surface area contributed by atoms with E-state index in [1.165, 1.54) is 0 Å². The molecule has 0 heterocycles. The van der Waals surface area contributed by atoms with Gasteiger partial charge in [-0.25, -0.2) is 4.79 Å². The Labute approximate surface area is 141 Å². The number of hydrogen-bond acceptors (Lipinski definition) is 4. The summed E-state index contributed by atoms with van der Waals surface area (Å²) in [6, 6.07) is 16.1. The largest absolute Gasteiger partial charge is 0.481 e. The lowest BCUT2D eigenvalue weighted by Gasteiger charge is -2.14. The Bertz CT molecular complexity index is 668. The molecule has 0 aliphatic carbocycles. The Morgan fingerprint density at radius 1 is 1.08 bits per heavy atom. The van der Waals surface area contributed by atoms with Gasteiger partial charge in [0, 0.05) is 12.2 Å². The summed E-state index contributed by atoms with van der Waals surface area (Å²) in [5, 5.41) is 12.6. The standard InChI is InChI=1S/C19H21NO4/c1-2-24-19(23)15-8-10-16(11-9-15)20-13-12-17(18(21)22)14-6-4-3-5-7-14/h3-11,17,20H,2,12-13H2,1H3,(H,21,22). The molecule has 24 heavy (non-hydrogen) atoms. The molecule has 2 rings (SSSR count). The second-order valence-corrected chi connectivity index (χ2v) is 5.31. The molecule has 2 aromatic rings. The number of esters is 1. The monoisotopic (exact) mass is 327 g/mol. The number of hydrogen-bond donors (Lipinski definition) is 2. The van der Waals surface area contributed by atoms with Crippen molar-refractivity contribution in [2.24, 2.45) is 0 Å². The van der Waals surface area contributed by atoms with Crippen molar-refractivity contribution < 1.29 is 19.4 Å². The Morgan fingerprint density at radius 3 is 2.33 bits per heavy atom. The van der Waals surface area contributed by atoms with Gasteiger partial charge in [-0.1, -0.05) is 30.3 Å². The van der Waals surface area contributed by atoms with Gasteiger partial charge in [0.2, 0.25) is 0 Å². The van der Waals surface area contributed by atoms with E-state index in [9.17, 15) is 14.7 Å². The molecule has 5 nitrogen and oxygen atoms in total. The van der Waals surface area contributed by atoms with Gasteiger partial charge < -0.3 is 15.2 Å². The van der Waals surface area contributed by atoms with Gasteiger partial charge in [0.05, 0.1) is 18.1 Å². The summed E-state index contributed by atoms with van der Waals surface area (Å²) in [6.45, 7) is 2.62. The van der Waals surface area contributed by atoms with E-state index in [2.05, 4.69) is 5.32 Å². The highest BCUT2D eigenvalue weighted by atomic mass is 16.5. The van der Waals surface area contributed by atoms with Gasteiger partial charge in [-0.3, -0.25) is 4.79 Å². The Hall–Kier alpha value is -2.82. The zero-order valence-corrected chi connectivity index (χ0v) is 13.6. The number of carboxylic acid groups (broad SMARTS) is 1. The van der Waals surface area contributed by atoms with Crippen LogP contribution in [0.15, 0.2) is 54.6 Å². The van der Waals surface area contributed by atoms with Crippen molar-refractivity contribution in [2.45, 2.75) is 19.3 Å². The maximum atomic E-state index is 11.6. The Kier molecular flexibility index (Phi) is 6.37. The van der Waals surface area contributed by atoms with Gasteiger partial charge in [0.25, 0.3) is 0 Å². The fraction of sp³-hybridized carbons (Fsp3) is 0.263. The zero-order chi connectivity index (χ0) is 17.4. The van der Waals surface area contributed by atoms with Crippen LogP contribution in [0.1, 0.15) is 35.2 Å². The molecule has 0 spiro atoms. The molecular weight excluding hydrogens is 306 g/mol. The highest BCUT2D eigenvalue weighted by molar-refractivity contribution is 5.89. The molecule has 126 valence electrons. The number of nitrogens with one attached hydrogen (secondary N) is 1. The number of anilines is 1. The summed E-state index contributed by atoms with van der Waals surface area (Å²) >= 11 is 0. The molecule has 1 unspecified atom stereocenters. The molecule has 5 heteroatoms. The first kappa shape index (κ1) is 17.5. The van der Waals surface area contributed by atoms with Gasteiger partial charge in [-0.05, 0) is 43.2 Å². The van der Waals surface area contributed by atoms with Crippen molar-refractivity contribution in [3.8, 4) is 0 Å². The predicted octanol–water partition coefficient (Wildman–Crippen LogP) is 3.53. The van der Waals surface area contributed by atoms with Gasteiger partial charge in [-0.2, -0.15) is 0 Å². The maximum absolute atomic E-state index is 11.6. The number of benzene rings is 2. The lowest BCUT2D eigenvalue weighted by molar-refractivity contribution is -0.138. The fourth-order valence-corrected chi connectivity index (χ4v) is 2.42. The zero-order valence-electron chi connectivity index (χ0n) is 13.6. The second-order valence-electron chi connectivity index (χ2n) is 5.31. The van der Waals surface area contributed by atoms with Gasteiger partial charge in [0.15, 0.2) is 0 Å². The minimum absolute atomic E-state index is 0.342. The molecule has 2 N–H and O–H groups in total. The van der Waals surface area contributed by atoms with Crippen LogP contribution < -0.4 is 5.32 Å². The van der Waals surface area contributed by atoms with Crippen LogP contribution in [0.4, 0.5) is 5.69 Å². The molecule has 0 bridgehead atoms. The molecule has 0 saturated carbocycles. The van der Waals surface area contributed by atoms with Crippen LogP contribution in [0.3, 0.4) is 0 Å². The molecular formula is C19H21NO4. The summed E-state index contributed by atoms with van der Waals surface area (Å²) in [7, 11) is 0. The first-order chi connectivity index (χ1) is 11.6. The highest BCUT2D eigenvalue weighted by Crippen LogP contribution is 2.20. The number of carboxylic acids is 1. The summed E-state index contributed by atoms with van der Waals surface area (Å²) in [5.74, 6) is -1.72. The fourth-order valence-electron chi connectivity index (χ4n) is 2.42. The van der Waals surface area contributed by atoms with Crippen LogP contribution in [0.5, 0.6) is 0 Å². The molecule has 0 aromatic heterocycles. The van der Waals surface area contributed by atoms with Gasteiger partial charge >= 0.3 is 11.9 Å². The number of ether oxygens (including phenoxy) is 1. The van der Waals surface area contributed by atoms with Crippen LogP contribution in [0, 0.1) is 0 Å². The first-order valence-electron chi connectivity index (χ1n) is 7.90. The topological polar surface area (TPSA) is 75.6 Å². The maximum Gasteiger partial charge on any atom is 0.338 e. The molecule has 2 aromatic carbocycles. The number of carbonyl (C=O) groups excluding carboxylic acids is 1. The van der Waals surface area contributed by atoms with Crippen molar-refractivity contribution in [1.82, 2.24) is 0 Å². The molecule has 0 radical (unpaired) electrons. The quantitative estimate of drug-likeness (QED) is 0.725. The lowest BCUT2D eigenvalue weighted by atomic mass is 9.96. The molecule has 0 aliphatic rings. The molecule has 1 atom stereocenters. The Balaban J connectivity index is 1.90. The van der Waals surface area contributed by atoms with E-state index < -0.39 is 11.9 Å². The Morgan fingerprint density at radius 2 is 1.75 bits per heavy atom. The van der Waals surface area contributed by atoms with E-state index in [1.807, 2.05) is 30.3 Å². The molecule has 0 amide bonds. The van der Waals surface area contributed by atoms with Crippen molar-refractivity contribution in [3.05, 3.63) is 65.7 Å². The molecule has 0 fully saturated rings. The van der Waals surface area contributed by atoms with E-state index >= 15 is 0 Å². The SMILES string of the molecule is CCOC(=O)c1ccc(NCCC(C(=O)O)c2ccccc2)cc1. The minimum Gasteiger partial charge on any atom is -0.481 e. The third-order valence-electron chi connectivity index (χ3n) is 3.66. The van der Waals surface area contributed by atoms with Crippen LogP contribution in [-0.4, -0.2) is 30.2 Å². The smallest absolute Gasteiger partial charge is 0.338 e. The molecule has 0 saturated heterocycles. The highest BCUT2D eigenvalue weighted by Gasteiger charge is 2.18.